The third-order valence-corrected chi connectivity index (χ3v) is 2.19. The summed E-state index contributed by atoms with van der Waals surface area (Å²) in [6.45, 7) is 5.46. The minimum Gasteiger partial charge on any atom is -0.478 e. The molecule has 0 bridgehead atoms. The first kappa shape index (κ1) is 12.2. The zero-order valence-corrected chi connectivity index (χ0v) is 9.44. The number of pyridine rings is 1. The normalized spacial score (nSPS) is 11.2. The molecule has 0 saturated heterocycles. The Kier molecular flexibility index (Phi) is 2.98. The Morgan fingerprint density at radius 3 is 2.12 bits per heavy atom. The second-order valence-electron chi connectivity index (χ2n) is 4.53. The fourth-order valence-corrected chi connectivity index (χ4v) is 1.62. The first-order valence-electron chi connectivity index (χ1n) is 4.76. The van der Waals surface area contributed by atoms with E-state index in [0.717, 1.165) is 0 Å². The van der Waals surface area contributed by atoms with Gasteiger partial charge in [0, 0.05) is 12.4 Å². The molecular weight excluding hydrogens is 208 g/mol. The number of nitrogens with two attached hydrogens (primary N) is 1. The van der Waals surface area contributed by atoms with E-state index in [1.807, 2.05) is 20.8 Å². The largest absolute Gasteiger partial charge is 0.478 e. The minimum atomic E-state index is -1.11. The summed E-state index contributed by atoms with van der Waals surface area (Å²) < 4.78 is 0. The first-order valence-corrected chi connectivity index (χ1v) is 4.76. The van der Waals surface area contributed by atoms with Crippen molar-refractivity contribution in [3.8, 4) is 0 Å². The number of carboxylic acid groups (broad SMARTS) is 1. The van der Waals surface area contributed by atoms with Gasteiger partial charge in [0.25, 0.3) is 5.91 Å². The quantitative estimate of drug-likeness (QED) is 0.785. The average Bonchev–Trinajstić information content (AvgIpc) is 2.15. The molecule has 3 N–H and O–H groups in total. The molecule has 1 aromatic heterocycles. The van der Waals surface area contributed by atoms with Crippen LogP contribution in [0.5, 0.6) is 0 Å². The summed E-state index contributed by atoms with van der Waals surface area (Å²) in [6.07, 6.45) is 2.53. The van der Waals surface area contributed by atoms with Crippen LogP contribution in [0.15, 0.2) is 12.4 Å². The van der Waals surface area contributed by atoms with E-state index in [-0.39, 0.29) is 11.1 Å². The molecule has 1 amide bonds. The van der Waals surface area contributed by atoms with Crippen LogP contribution in [-0.4, -0.2) is 22.0 Å². The van der Waals surface area contributed by atoms with Crippen molar-refractivity contribution in [3.63, 3.8) is 0 Å². The van der Waals surface area contributed by atoms with Crippen LogP contribution in [0.1, 0.15) is 47.1 Å². The predicted molar refractivity (Wildman–Crippen MR) is 58.4 cm³/mol. The molecule has 0 aromatic carbocycles. The van der Waals surface area contributed by atoms with Crippen LogP contribution in [0.2, 0.25) is 0 Å². The molecule has 0 unspecified atom stereocenters. The molecule has 0 saturated carbocycles. The summed E-state index contributed by atoms with van der Waals surface area (Å²) in [4.78, 5) is 26.0. The lowest BCUT2D eigenvalue weighted by molar-refractivity contribution is 0.0693. The number of aromatic nitrogens is 1. The number of carbonyl (C=O) groups is 2. The molecule has 0 aliphatic heterocycles. The lowest BCUT2D eigenvalue weighted by atomic mass is 9.81. The second kappa shape index (κ2) is 3.92. The van der Waals surface area contributed by atoms with Gasteiger partial charge < -0.3 is 10.8 Å². The van der Waals surface area contributed by atoms with Crippen molar-refractivity contribution in [2.45, 2.75) is 26.2 Å². The third-order valence-electron chi connectivity index (χ3n) is 2.19. The molecule has 5 heteroatoms. The molecular formula is C11H14N2O3. The number of hydrogen-bond acceptors (Lipinski definition) is 3. The van der Waals surface area contributed by atoms with Crippen LogP contribution in [0.25, 0.3) is 0 Å². The Balaban J connectivity index is 3.60. The maximum absolute atomic E-state index is 11.2. The lowest BCUT2D eigenvalue weighted by Crippen LogP contribution is -2.25. The minimum absolute atomic E-state index is 0.0174. The van der Waals surface area contributed by atoms with Crippen molar-refractivity contribution >= 4 is 11.9 Å². The van der Waals surface area contributed by atoms with E-state index in [1.165, 1.54) is 12.4 Å². The number of amides is 1. The van der Waals surface area contributed by atoms with Crippen LogP contribution >= 0.6 is 0 Å². The van der Waals surface area contributed by atoms with Crippen molar-refractivity contribution in [1.29, 1.82) is 0 Å². The van der Waals surface area contributed by atoms with E-state index in [2.05, 4.69) is 4.98 Å². The second-order valence-corrected chi connectivity index (χ2v) is 4.53. The smallest absolute Gasteiger partial charge is 0.337 e. The fraction of sp³-hybridized carbons (Fsp3) is 0.364. The van der Waals surface area contributed by atoms with Crippen molar-refractivity contribution in [2.24, 2.45) is 5.73 Å². The van der Waals surface area contributed by atoms with Crippen LogP contribution in [0.3, 0.4) is 0 Å². The van der Waals surface area contributed by atoms with Crippen molar-refractivity contribution in [3.05, 3.63) is 29.1 Å². The van der Waals surface area contributed by atoms with Crippen LogP contribution in [0.4, 0.5) is 0 Å². The molecule has 86 valence electrons. The highest BCUT2D eigenvalue weighted by atomic mass is 16.4. The van der Waals surface area contributed by atoms with Crippen LogP contribution in [0, 0.1) is 0 Å². The van der Waals surface area contributed by atoms with E-state index in [4.69, 9.17) is 10.8 Å². The molecule has 1 heterocycles. The van der Waals surface area contributed by atoms with E-state index >= 15 is 0 Å². The van der Waals surface area contributed by atoms with Gasteiger partial charge in [-0.3, -0.25) is 9.78 Å². The van der Waals surface area contributed by atoms with Gasteiger partial charge in [0.05, 0.1) is 11.1 Å². The number of rotatable bonds is 2. The Labute approximate surface area is 93.3 Å². The highest BCUT2D eigenvalue weighted by molar-refractivity contribution is 5.99. The summed E-state index contributed by atoms with van der Waals surface area (Å²) in [7, 11) is 0. The SMILES string of the molecule is CC(C)(C)c1c(C(N)=O)cncc1C(=O)O. The number of primary amides is 1. The van der Waals surface area contributed by atoms with Crippen molar-refractivity contribution in [2.75, 3.05) is 0 Å². The standard InChI is InChI=1S/C11H14N2O3/c1-11(2,3)8-6(9(12)14)4-13-5-7(8)10(15)16/h4-5H,1-3H3,(H2,12,14)(H,15,16). The molecule has 0 spiro atoms. The van der Waals surface area contributed by atoms with Crippen molar-refractivity contribution < 1.29 is 14.7 Å². The van der Waals surface area contributed by atoms with E-state index in [1.54, 1.807) is 0 Å². The Morgan fingerprint density at radius 2 is 1.75 bits per heavy atom. The maximum Gasteiger partial charge on any atom is 0.337 e. The maximum atomic E-state index is 11.2. The van der Waals surface area contributed by atoms with E-state index in [0.29, 0.717) is 5.56 Å². The molecule has 0 aliphatic carbocycles. The van der Waals surface area contributed by atoms with Crippen LogP contribution < -0.4 is 5.73 Å². The number of nitrogens with zero attached hydrogens (tertiary/aromatic N) is 1. The lowest BCUT2D eigenvalue weighted by Gasteiger charge is -2.23. The zero-order valence-electron chi connectivity index (χ0n) is 9.44. The van der Waals surface area contributed by atoms with E-state index < -0.39 is 17.3 Å². The summed E-state index contributed by atoms with van der Waals surface area (Å²) in [5.41, 5.74) is 5.32. The molecule has 0 fully saturated rings. The van der Waals surface area contributed by atoms with E-state index in [9.17, 15) is 9.59 Å². The Hall–Kier alpha value is -1.91. The topological polar surface area (TPSA) is 93.3 Å². The van der Waals surface area contributed by atoms with Gasteiger partial charge in [-0.1, -0.05) is 20.8 Å². The molecule has 0 aliphatic rings. The van der Waals surface area contributed by atoms with Gasteiger partial charge in [0.1, 0.15) is 0 Å². The molecule has 5 nitrogen and oxygen atoms in total. The summed E-state index contributed by atoms with van der Waals surface area (Å²) in [5, 5.41) is 9.04. The van der Waals surface area contributed by atoms with Gasteiger partial charge in [0.2, 0.25) is 0 Å². The fourth-order valence-electron chi connectivity index (χ4n) is 1.62. The van der Waals surface area contributed by atoms with Gasteiger partial charge >= 0.3 is 5.97 Å². The number of carboxylic acids is 1. The third kappa shape index (κ3) is 2.18. The van der Waals surface area contributed by atoms with Crippen LogP contribution in [-0.2, 0) is 5.41 Å². The van der Waals surface area contributed by atoms with Gasteiger partial charge in [0.15, 0.2) is 0 Å². The highest BCUT2D eigenvalue weighted by Crippen LogP contribution is 2.28. The van der Waals surface area contributed by atoms with Gasteiger partial charge in [-0.05, 0) is 11.0 Å². The number of aromatic carboxylic acids is 1. The molecule has 0 radical (unpaired) electrons. The average molecular weight is 222 g/mol. The monoisotopic (exact) mass is 222 g/mol. The van der Waals surface area contributed by atoms with Gasteiger partial charge in [-0.25, -0.2) is 4.79 Å². The molecule has 1 rings (SSSR count). The Morgan fingerprint density at radius 1 is 1.25 bits per heavy atom. The zero-order chi connectivity index (χ0) is 12.5. The van der Waals surface area contributed by atoms with Gasteiger partial charge in [-0.15, -0.1) is 0 Å². The molecule has 0 atom stereocenters. The van der Waals surface area contributed by atoms with Gasteiger partial charge in [-0.2, -0.15) is 0 Å². The Bertz CT molecular complexity index is 415. The molecule has 16 heavy (non-hydrogen) atoms. The summed E-state index contributed by atoms with van der Waals surface area (Å²) >= 11 is 0. The summed E-state index contributed by atoms with van der Waals surface area (Å²) in [6, 6.07) is 0. The highest BCUT2D eigenvalue weighted by Gasteiger charge is 2.27. The molecule has 1 aromatic rings. The predicted octanol–water partition coefficient (Wildman–Crippen LogP) is 1.18. The number of hydrogen-bond donors (Lipinski definition) is 2. The summed E-state index contributed by atoms with van der Waals surface area (Å²) in [5.74, 6) is -1.78. The van der Waals surface area contributed by atoms with Crippen molar-refractivity contribution in [1.82, 2.24) is 4.98 Å². The number of carbonyl (C=O) groups excluding carboxylic acids is 1. The first-order chi connectivity index (χ1) is 7.25.